The lowest BCUT2D eigenvalue weighted by molar-refractivity contribution is -0.384. The van der Waals surface area contributed by atoms with E-state index in [2.05, 4.69) is 9.97 Å². The number of benzene rings is 1. The monoisotopic (exact) mass is 281 g/mol. The van der Waals surface area contributed by atoms with Gasteiger partial charge in [0.1, 0.15) is 5.75 Å². The molecule has 2 aromatic rings. The quantitative estimate of drug-likeness (QED) is 0.632. The number of nitro benzene ring substituents is 1. The molecule has 98 valence electrons. The third-order valence-corrected chi connectivity index (χ3v) is 2.44. The minimum atomic E-state index is -0.544. The number of methoxy groups -OCH3 is 1. The van der Waals surface area contributed by atoms with Crippen molar-refractivity contribution < 1.29 is 14.4 Å². The highest BCUT2D eigenvalue weighted by Gasteiger charge is 2.12. The third kappa shape index (κ3) is 3.08. The van der Waals surface area contributed by atoms with Crippen molar-refractivity contribution >= 4 is 17.3 Å². The van der Waals surface area contributed by atoms with Gasteiger partial charge in [0.2, 0.25) is 5.88 Å². The molecule has 0 aliphatic carbocycles. The second-order valence-electron chi connectivity index (χ2n) is 3.36. The Bertz CT molecular complexity index is 621. The van der Waals surface area contributed by atoms with Crippen molar-refractivity contribution in [2.24, 2.45) is 0 Å². The first-order valence-electron chi connectivity index (χ1n) is 5.09. The van der Waals surface area contributed by atoms with Crippen molar-refractivity contribution in [3.05, 3.63) is 45.6 Å². The standard InChI is InChI=1S/C11H8ClN3O4/c1-18-10-4-5-13-11(14-10)19-9-3-2-7(15(16)17)6-8(9)12/h2-6H,1H3. The van der Waals surface area contributed by atoms with E-state index < -0.39 is 4.92 Å². The van der Waals surface area contributed by atoms with E-state index in [9.17, 15) is 10.1 Å². The van der Waals surface area contributed by atoms with Gasteiger partial charge in [0.05, 0.1) is 17.1 Å². The van der Waals surface area contributed by atoms with Crippen LogP contribution in [0, 0.1) is 10.1 Å². The van der Waals surface area contributed by atoms with Crippen molar-refractivity contribution in [3.63, 3.8) is 0 Å². The van der Waals surface area contributed by atoms with Crippen LogP contribution in [0.4, 0.5) is 5.69 Å². The van der Waals surface area contributed by atoms with Gasteiger partial charge >= 0.3 is 6.01 Å². The number of rotatable bonds is 4. The summed E-state index contributed by atoms with van der Waals surface area (Å²) >= 11 is 5.88. The number of hydrogen-bond donors (Lipinski definition) is 0. The molecule has 0 fully saturated rings. The average molecular weight is 282 g/mol. The fourth-order valence-corrected chi connectivity index (χ4v) is 1.49. The Balaban J connectivity index is 2.25. The maximum Gasteiger partial charge on any atom is 0.325 e. The molecule has 0 saturated carbocycles. The predicted molar refractivity (Wildman–Crippen MR) is 66.8 cm³/mol. The van der Waals surface area contributed by atoms with Crippen molar-refractivity contribution in [2.75, 3.05) is 7.11 Å². The maximum absolute atomic E-state index is 10.6. The van der Waals surface area contributed by atoms with Gasteiger partial charge < -0.3 is 9.47 Å². The Kier molecular flexibility index (Phi) is 3.76. The van der Waals surface area contributed by atoms with E-state index in [4.69, 9.17) is 21.1 Å². The molecule has 0 aliphatic heterocycles. The zero-order chi connectivity index (χ0) is 13.8. The smallest absolute Gasteiger partial charge is 0.325 e. The van der Waals surface area contributed by atoms with Crippen LogP contribution in [0.3, 0.4) is 0 Å². The summed E-state index contributed by atoms with van der Waals surface area (Å²) in [7, 11) is 1.46. The second kappa shape index (κ2) is 5.49. The number of aromatic nitrogens is 2. The zero-order valence-corrected chi connectivity index (χ0v) is 10.5. The minimum Gasteiger partial charge on any atom is -0.481 e. The number of halogens is 1. The highest BCUT2D eigenvalue weighted by Crippen LogP contribution is 2.31. The first-order valence-corrected chi connectivity index (χ1v) is 5.47. The van der Waals surface area contributed by atoms with E-state index in [0.717, 1.165) is 0 Å². The molecule has 8 heteroatoms. The van der Waals surface area contributed by atoms with E-state index in [1.807, 2.05) is 0 Å². The van der Waals surface area contributed by atoms with Gasteiger partial charge in [-0.3, -0.25) is 10.1 Å². The molecule has 7 nitrogen and oxygen atoms in total. The van der Waals surface area contributed by atoms with Gasteiger partial charge in [0.15, 0.2) is 0 Å². The molecule has 0 radical (unpaired) electrons. The fraction of sp³-hybridized carbons (Fsp3) is 0.0909. The first kappa shape index (κ1) is 13.0. The zero-order valence-electron chi connectivity index (χ0n) is 9.74. The Morgan fingerprint density at radius 2 is 2.16 bits per heavy atom. The number of hydrogen-bond acceptors (Lipinski definition) is 6. The summed E-state index contributed by atoms with van der Waals surface area (Å²) in [6.45, 7) is 0. The predicted octanol–water partition coefficient (Wildman–Crippen LogP) is 2.84. The van der Waals surface area contributed by atoms with Crippen molar-refractivity contribution in [3.8, 4) is 17.6 Å². The number of non-ortho nitro benzene ring substituents is 1. The molecule has 1 heterocycles. The van der Waals surface area contributed by atoms with Crippen LogP contribution < -0.4 is 9.47 Å². The lowest BCUT2D eigenvalue weighted by Gasteiger charge is -2.06. The largest absolute Gasteiger partial charge is 0.481 e. The van der Waals surface area contributed by atoms with E-state index in [1.165, 1.54) is 31.5 Å². The van der Waals surface area contributed by atoms with Crippen LogP contribution in [0.1, 0.15) is 0 Å². The van der Waals surface area contributed by atoms with Crippen molar-refractivity contribution in [1.29, 1.82) is 0 Å². The number of nitro groups is 1. The van der Waals surface area contributed by atoms with Crippen LogP contribution in [0.5, 0.6) is 17.6 Å². The Morgan fingerprint density at radius 1 is 1.37 bits per heavy atom. The SMILES string of the molecule is COc1ccnc(Oc2ccc([N+](=O)[O-])cc2Cl)n1. The molecule has 0 N–H and O–H groups in total. The van der Waals surface area contributed by atoms with Crippen molar-refractivity contribution in [1.82, 2.24) is 9.97 Å². The van der Waals surface area contributed by atoms with E-state index in [1.54, 1.807) is 6.07 Å². The summed E-state index contributed by atoms with van der Waals surface area (Å²) in [5.41, 5.74) is -0.121. The highest BCUT2D eigenvalue weighted by atomic mass is 35.5. The van der Waals surface area contributed by atoms with Crippen LogP contribution in [-0.4, -0.2) is 22.0 Å². The van der Waals surface area contributed by atoms with E-state index in [0.29, 0.717) is 5.88 Å². The Hall–Kier alpha value is -2.41. The molecule has 0 amide bonds. The number of ether oxygens (including phenoxy) is 2. The third-order valence-electron chi connectivity index (χ3n) is 2.14. The van der Waals surface area contributed by atoms with Gasteiger partial charge in [-0.25, -0.2) is 4.98 Å². The van der Waals surface area contributed by atoms with Gasteiger partial charge in [-0.05, 0) is 6.07 Å². The molecule has 19 heavy (non-hydrogen) atoms. The number of nitrogens with zero attached hydrogens (tertiary/aromatic N) is 3. The summed E-state index contributed by atoms with van der Waals surface area (Å²) in [4.78, 5) is 17.8. The minimum absolute atomic E-state index is 0.0371. The molecular weight excluding hydrogens is 274 g/mol. The van der Waals surface area contributed by atoms with Gasteiger partial charge in [0.25, 0.3) is 5.69 Å². The molecule has 1 aromatic heterocycles. The maximum atomic E-state index is 10.6. The van der Waals surface area contributed by atoms with Crippen LogP contribution >= 0.6 is 11.6 Å². The summed E-state index contributed by atoms with van der Waals surface area (Å²) in [5, 5.41) is 10.7. The lowest BCUT2D eigenvalue weighted by atomic mass is 10.3. The van der Waals surface area contributed by atoms with Crippen LogP contribution in [0.25, 0.3) is 0 Å². The van der Waals surface area contributed by atoms with Crippen LogP contribution in [0.2, 0.25) is 5.02 Å². The molecule has 0 saturated heterocycles. The molecule has 1 aromatic carbocycles. The van der Waals surface area contributed by atoms with Crippen molar-refractivity contribution in [2.45, 2.75) is 0 Å². The molecular formula is C11H8ClN3O4. The normalized spacial score (nSPS) is 10.0. The Labute approximate surface area is 112 Å². The fourth-order valence-electron chi connectivity index (χ4n) is 1.27. The summed E-state index contributed by atoms with van der Waals surface area (Å²) in [6.07, 6.45) is 1.46. The van der Waals surface area contributed by atoms with E-state index in [-0.39, 0.29) is 22.5 Å². The van der Waals surface area contributed by atoms with E-state index >= 15 is 0 Å². The summed E-state index contributed by atoms with van der Waals surface area (Å²) in [6, 6.07) is 5.45. The Morgan fingerprint density at radius 3 is 2.79 bits per heavy atom. The molecule has 0 bridgehead atoms. The lowest BCUT2D eigenvalue weighted by Crippen LogP contribution is -1.95. The second-order valence-corrected chi connectivity index (χ2v) is 3.76. The topological polar surface area (TPSA) is 87.4 Å². The summed E-state index contributed by atoms with van der Waals surface area (Å²) < 4.78 is 10.2. The van der Waals surface area contributed by atoms with Gasteiger partial charge in [-0.1, -0.05) is 11.6 Å². The van der Waals surface area contributed by atoms with Gasteiger partial charge in [-0.2, -0.15) is 4.98 Å². The summed E-state index contributed by atoms with van der Waals surface area (Å²) in [5.74, 6) is 0.559. The molecule has 0 spiro atoms. The van der Waals surface area contributed by atoms with Gasteiger partial charge in [0, 0.05) is 24.4 Å². The van der Waals surface area contributed by atoms with Gasteiger partial charge in [-0.15, -0.1) is 0 Å². The average Bonchev–Trinajstić information content (AvgIpc) is 2.41. The first-order chi connectivity index (χ1) is 9.10. The molecule has 0 atom stereocenters. The molecule has 2 rings (SSSR count). The van der Waals surface area contributed by atoms with Crippen LogP contribution in [-0.2, 0) is 0 Å². The van der Waals surface area contributed by atoms with Crippen LogP contribution in [0.15, 0.2) is 30.5 Å². The highest BCUT2D eigenvalue weighted by molar-refractivity contribution is 6.32. The molecule has 0 aliphatic rings. The molecule has 0 unspecified atom stereocenters.